The Balaban J connectivity index is 3.09. The minimum Gasteiger partial charge on any atom is -0.496 e. The van der Waals surface area contributed by atoms with Crippen molar-refractivity contribution in [2.45, 2.75) is 26.4 Å². The van der Waals surface area contributed by atoms with Crippen LogP contribution in [-0.2, 0) is 9.53 Å². The average Bonchev–Trinajstić information content (AvgIpc) is 2.42. The molecule has 0 fully saturated rings. The van der Waals surface area contributed by atoms with Gasteiger partial charge in [0.2, 0.25) is 0 Å². The van der Waals surface area contributed by atoms with Gasteiger partial charge in [-0.25, -0.2) is 4.79 Å². The highest BCUT2D eigenvalue weighted by Gasteiger charge is 2.15. The molecule has 1 aromatic rings. The summed E-state index contributed by atoms with van der Waals surface area (Å²) < 4.78 is 21.0. The highest BCUT2D eigenvalue weighted by Crippen LogP contribution is 2.35. The van der Waals surface area contributed by atoms with Gasteiger partial charge in [0.1, 0.15) is 22.8 Å². The van der Waals surface area contributed by atoms with E-state index in [1.807, 2.05) is 20.8 Å². The number of esters is 1. The topological polar surface area (TPSA) is 54.0 Å². The van der Waals surface area contributed by atoms with E-state index < -0.39 is 11.6 Å². The van der Waals surface area contributed by atoms with Gasteiger partial charge in [-0.1, -0.05) is 0 Å². The van der Waals surface area contributed by atoms with Crippen LogP contribution in [0.2, 0.25) is 0 Å². The van der Waals surface area contributed by atoms with Crippen molar-refractivity contribution in [3.05, 3.63) is 23.8 Å². The van der Waals surface area contributed by atoms with E-state index in [0.717, 1.165) is 0 Å². The SMILES string of the molecule is COc1cc(OC)c(C=CC(=O)OC(C)(C)C)c(OC)c1. The van der Waals surface area contributed by atoms with Crippen LogP contribution in [0, 0.1) is 0 Å². The molecule has 0 saturated carbocycles. The minimum absolute atomic E-state index is 0.428. The Bertz CT molecular complexity index is 501. The molecule has 5 nitrogen and oxygen atoms in total. The van der Waals surface area contributed by atoms with Crippen LogP contribution in [-0.4, -0.2) is 32.9 Å². The molecule has 0 atom stereocenters. The fourth-order valence-electron chi connectivity index (χ4n) is 1.68. The molecule has 0 spiro atoms. The Morgan fingerprint density at radius 3 is 1.90 bits per heavy atom. The van der Waals surface area contributed by atoms with Crippen molar-refractivity contribution in [2.75, 3.05) is 21.3 Å². The first-order valence-corrected chi connectivity index (χ1v) is 6.51. The number of benzene rings is 1. The van der Waals surface area contributed by atoms with Crippen LogP contribution >= 0.6 is 0 Å². The average molecular weight is 294 g/mol. The molecule has 0 bridgehead atoms. The van der Waals surface area contributed by atoms with Gasteiger partial charge in [-0.2, -0.15) is 0 Å². The number of methoxy groups -OCH3 is 3. The van der Waals surface area contributed by atoms with Crippen molar-refractivity contribution in [3.63, 3.8) is 0 Å². The Hall–Kier alpha value is -2.17. The lowest BCUT2D eigenvalue weighted by Crippen LogP contribution is -2.22. The number of carbonyl (C=O) groups excluding carboxylic acids is 1. The second kappa shape index (κ2) is 7.02. The summed E-state index contributed by atoms with van der Waals surface area (Å²) in [6.07, 6.45) is 2.95. The lowest BCUT2D eigenvalue weighted by Gasteiger charge is -2.18. The second-order valence-electron chi connectivity index (χ2n) is 5.31. The van der Waals surface area contributed by atoms with Crippen molar-refractivity contribution < 1.29 is 23.7 Å². The monoisotopic (exact) mass is 294 g/mol. The first-order valence-electron chi connectivity index (χ1n) is 6.51. The summed E-state index contributed by atoms with van der Waals surface area (Å²) in [6, 6.07) is 3.44. The van der Waals surface area contributed by atoms with Gasteiger partial charge in [0.05, 0.1) is 26.9 Å². The second-order valence-corrected chi connectivity index (χ2v) is 5.31. The van der Waals surface area contributed by atoms with Crippen molar-refractivity contribution >= 4 is 12.0 Å². The molecule has 0 aliphatic heterocycles. The van der Waals surface area contributed by atoms with Crippen LogP contribution in [0.4, 0.5) is 0 Å². The fraction of sp³-hybridized carbons (Fsp3) is 0.438. The molecular weight excluding hydrogens is 272 g/mol. The summed E-state index contributed by atoms with van der Waals surface area (Å²) in [5, 5.41) is 0. The molecule has 1 aromatic carbocycles. The van der Waals surface area contributed by atoms with Gasteiger partial charge in [-0.3, -0.25) is 0 Å². The van der Waals surface area contributed by atoms with Crippen LogP contribution in [0.3, 0.4) is 0 Å². The number of ether oxygens (including phenoxy) is 4. The number of hydrogen-bond donors (Lipinski definition) is 0. The quantitative estimate of drug-likeness (QED) is 0.617. The Labute approximate surface area is 125 Å². The van der Waals surface area contributed by atoms with E-state index in [1.54, 1.807) is 39.5 Å². The zero-order valence-electron chi connectivity index (χ0n) is 13.4. The molecule has 5 heteroatoms. The third-order valence-electron chi connectivity index (χ3n) is 2.55. The summed E-state index contributed by atoms with van der Waals surface area (Å²) in [5.41, 5.74) is 0.113. The molecule has 116 valence electrons. The molecule has 1 rings (SSSR count). The molecule has 0 heterocycles. The maximum atomic E-state index is 11.7. The van der Waals surface area contributed by atoms with Gasteiger partial charge in [0, 0.05) is 18.2 Å². The van der Waals surface area contributed by atoms with E-state index in [4.69, 9.17) is 18.9 Å². The maximum Gasteiger partial charge on any atom is 0.331 e. The Morgan fingerprint density at radius 1 is 1.00 bits per heavy atom. The number of rotatable bonds is 5. The molecule has 0 amide bonds. The lowest BCUT2D eigenvalue weighted by molar-refractivity contribution is -0.148. The van der Waals surface area contributed by atoms with Crippen LogP contribution < -0.4 is 14.2 Å². The van der Waals surface area contributed by atoms with Gasteiger partial charge < -0.3 is 18.9 Å². The zero-order chi connectivity index (χ0) is 16.0. The molecule has 0 aliphatic rings. The highest BCUT2D eigenvalue weighted by atomic mass is 16.6. The summed E-state index contributed by atoms with van der Waals surface area (Å²) in [5.74, 6) is 1.28. The van der Waals surface area contributed by atoms with Crippen molar-refractivity contribution in [1.29, 1.82) is 0 Å². The third kappa shape index (κ3) is 5.02. The first-order chi connectivity index (χ1) is 9.80. The summed E-state index contributed by atoms with van der Waals surface area (Å²) in [6.45, 7) is 5.44. The van der Waals surface area contributed by atoms with Crippen LogP contribution in [0.1, 0.15) is 26.3 Å². The molecule has 0 aromatic heterocycles. The number of carbonyl (C=O) groups is 1. The van der Waals surface area contributed by atoms with Gasteiger partial charge in [-0.15, -0.1) is 0 Å². The van der Waals surface area contributed by atoms with Crippen molar-refractivity contribution in [2.24, 2.45) is 0 Å². The van der Waals surface area contributed by atoms with E-state index in [1.165, 1.54) is 6.08 Å². The van der Waals surface area contributed by atoms with Crippen molar-refractivity contribution in [3.8, 4) is 17.2 Å². The zero-order valence-corrected chi connectivity index (χ0v) is 13.4. The van der Waals surface area contributed by atoms with E-state index in [9.17, 15) is 4.79 Å². The fourth-order valence-corrected chi connectivity index (χ4v) is 1.68. The van der Waals surface area contributed by atoms with E-state index >= 15 is 0 Å². The molecule has 21 heavy (non-hydrogen) atoms. The first kappa shape index (κ1) is 16.9. The van der Waals surface area contributed by atoms with Gasteiger partial charge >= 0.3 is 5.97 Å². The van der Waals surface area contributed by atoms with Gasteiger partial charge in [0.15, 0.2) is 0 Å². The normalized spacial score (nSPS) is 11.3. The molecule has 0 unspecified atom stereocenters. The smallest absolute Gasteiger partial charge is 0.331 e. The lowest BCUT2D eigenvalue weighted by atomic mass is 10.1. The van der Waals surface area contributed by atoms with Gasteiger partial charge in [0.25, 0.3) is 0 Å². The minimum atomic E-state index is -0.532. The molecule has 0 radical (unpaired) electrons. The standard InChI is InChI=1S/C16H22O5/c1-16(2,3)21-15(17)8-7-12-13(19-5)9-11(18-4)10-14(12)20-6/h7-10H,1-6H3. The van der Waals surface area contributed by atoms with Gasteiger partial charge in [-0.05, 0) is 26.8 Å². The molecule has 0 N–H and O–H groups in total. The summed E-state index contributed by atoms with van der Waals surface area (Å²) >= 11 is 0. The third-order valence-corrected chi connectivity index (χ3v) is 2.55. The van der Waals surface area contributed by atoms with E-state index in [0.29, 0.717) is 22.8 Å². The molecule has 0 saturated heterocycles. The number of hydrogen-bond acceptors (Lipinski definition) is 5. The van der Waals surface area contributed by atoms with Crippen LogP contribution in [0.15, 0.2) is 18.2 Å². The maximum absolute atomic E-state index is 11.7. The Kier molecular flexibility index (Phi) is 5.64. The highest BCUT2D eigenvalue weighted by molar-refractivity contribution is 5.88. The largest absolute Gasteiger partial charge is 0.496 e. The summed E-state index contributed by atoms with van der Waals surface area (Å²) in [4.78, 5) is 11.7. The predicted molar refractivity (Wildman–Crippen MR) is 81.0 cm³/mol. The van der Waals surface area contributed by atoms with Crippen LogP contribution in [0.5, 0.6) is 17.2 Å². The predicted octanol–water partition coefficient (Wildman–Crippen LogP) is 3.07. The summed E-state index contributed by atoms with van der Waals surface area (Å²) in [7, 11) is 4.64. The Morgan fingerprint density at radius 2 is 1.52 bits per heavy atom. The molecule has 0 aliphatic carbocycles. The van der Waals surface area contributed by atoms with E-state index in [-0.39, 0.29) is 0 Å². The van der Waals surface area contributed by atoms with E-state index in [2.05, 4.69) is 0 Å². The molecular formula is C16H22O5. The van der Waals surface area contributed by atoms with Crippen LogP contribution in [0.25, 0.3) is 6.08 Å². The van der Waals surface area contributed by atoms with Crippen molar-refractivity contribution in [1.82, 2.24) is 0 Å².